The number of carboxylic acid groups (broad SMARTS) is 1. The highest BCUT2D eigenvalue weighted by Crippen LogP contribution is 2.27. The lowest BCUT2D eigenvalue weighted by atomic mass is 10.2. The second-order valence-electron chi connectivity index (χ2n) is 5.57. The minimum absolute atomic E-state index is 0.0963. The molecule has 0 atom stereocenters. The van der Waals surface area contributed by atoms with Crippen LogP contribution in [0.5, 0.6) is 11.5 Å². The van der Waals surface area contributed by atoms with E-state index in [4.69, 9.17) is 38.4 Å². The van der Waals surface area contributed by atoms with E-state index in [1.54, 1.807) is 18.2 Å². The van der Waals surface area contributed by atoms with Gasteiger partial charge in [-0.2, -0.15) is 0 Å². The van der Waals surface area contributed by atoms with Crippen LogP contribution in [0.1, 0.15) is 15.9 Å². The monoisotopic (exact) mass is 435 g/mol. The Kier molecular flexibility index (Phi) is 6.56. The van der Waals surface area contributed by atoms with Crippen molar-refractivity contribution < 1.29 is 24.2 Å². The van der Waals surface area contributed by atoms with Crippen LogP contribution < -0.4 is 14.8 Å². The number of nitrogens with one attached hydrogen (secondary N) is 1. The van der Waals surface area contributed by atoms with Crippen LogP contribution in [0.15, 0.2) is 47.4 Å². The topological polar surface area (TPSA) is 84.9 Å². The van der Waals surface area contributed by atoms with Crippen molar-refractivity contribution in [2.45, 2.75) is 0 Å². The number of halogens is 1. The van der Waals surface area contributed by atoms with Gasteiger partial charge in [-0.1, -0.05) is 47.7 Å². The standard InChI is InChI=1S/C19H14ClNO5S2/c20-14-10-12(18(23)24)3-6-15(14)26-8-7-25-13-4-1-11(2-5-13)9-16-17(22)21-19(27)28-16/h1-6,9-10H,7-8H2,(H,23,24)(H,21,22,27)/b16-9+. The number of rotatable bonds is 7. The van der Waals surface area contributed by atoms with E-state index in [0.717, 1.165) is 5.56 Å². The third-order valence-electron chi connectivity index (χ3n) is 3.61. The fraction of sp³-hybridized carbons (Fsp3) is 0.105. The van der Waals surface area contributed by atoms with Crippen LogP contribution in [0.4, 0.5) is 0 Å². The van der Waals surface area contributed by atoms with Gasteiger partial charge in [-0.3, -0.25) is 4.79 Å². The number of aromatic carboxylic acids is 1. The molecule has 9 heteroatoms. The molecule has 0 bridgehead atoms. The fourth-order valence-corrected chi connectivity index (χ4v) is 3.57. The maximum atomic E-state index is 11.7. The Bertz CT molecular complexity index is 959. The van der Waals surface area contributed by atoms with Crippen molar-refractivity contribution in [3.05, 3.63) is 63.5 Å². The van der Waals surface area contributed by atoms with Gasteiger partial charge in [-0.05, 0) is 42.0 Å². The molecule has 0 spiro atoms. The molecule has 2 aromatic carbocycles. The Morgan fingerprint density at radius 3 is 2.50 bits per heavy atom. The number of amides is 1. The molecule has 2 N–H and O–H groups in total. The van der Waals surface area contributed by atoms with Crippen LogP contribution in [0.25, 0.3) is 6.08 Å². The van der Waals surface area contributed by atoms with Crippen LogP contribution >= 0.6 is 35.6 Å². The van der Waals surface area contributed by atoms with Gasteiger partial charge in [0, 0.05) is 0 Å². The molecule has 3 rings (SSSR count). The molecule has 0 aliphatic carbocycles. The molecule has 2 aromatic rings. The summed E-state index contributed by atoms with van der Waals surface area (Å²) in [6.07, 6.45) is 1.76. The van der Waals surface area contributed by atoms with E-state index in [0.29, 0.717) is 20.7 Å². The maximum absolute atomic E-state index is 11.7. The van der Waals surface area contributed by atoms with Crippen molar-refractivity contribution in [2.75, 3.05) is 13.2 Å². The van der Waals surface area contributed by atoms with Crippen molar-refractivity contribution in [1.29, 1.82) is 0 Å². The van der Waals surface area contributed by atoms with Gasteiger partial charge in [-0.25, -0.2) is 4.79 Å². The predicted molar refractivity (Wildman–Crippen MR) is 112 cm³/mol. The van der Waals surface area contributed by atoms with Gasteiger partial charge in [0.2, 0.25) is 0 Å². The summed E-state index contributed by atoms with van der Waals surface area (Å²) in [4.78, 5) is 23.1. The molecule has 144 valence electrons. The molecule has 1 aliphatic heterocycles. The lowest BCUT2D eigenvalue weighted by molar-refractivity contribution is -0.115. The third kappa shape index (κ3) is 5.25. The smallest absolute Gasteiger partial charge is 0.335 e. The number of thiocarbonyl (C=S) groups is 1. The van der Waals surface area contributed by atoms with Gasteiger partial charge >= 0.3 is 5.97 Å². The Hall–Kier alpha value is -2.55. The minimum atomic E-state index is -1.05. The van der Waals surface area contributed by atoms with Gasteiger partial charge < -0.3 is 19.9 Å². The zero-order chi connectivity index (χ0) is 20.1. The molecule has 0 unspecified atom stereocenters. The summed E-state index contributed by atoms with van der Waals surface area (Å²) in [6, 6.07) is 11.5. The van der Waals surface area contributed by atoms with Crippen LogP contribution in [0.3, 0.4) is 0 Å². The van der Waals surface area contributed by atoms with Gasteiger partial charge in [0.15, 0.2) is 0 Å². The molecular formula is C19H14ClNO5S2. The number of hydrogen-bond donors (Lipinski definition) is 2. The summed E-state index contributed by atoms with van der Waals surface area (Å²) in [5.41, 5.74) is 0.954. The Morgan fingerprint density at radius 2 is 1.89 bits per heavy atom. The molecule has 6 nitrogen and oxygen atoms in total. The Labute approximate surface area is 175 Å². The normalized spacial score (nSPS) is 14.8. The first-order valence-corrected chi connectivity index (χ1v) is 9.66. The molecule has 1 saturated heterocycles. The first-order chi connectivity index (χ1) is 13.4. The molecule has 1 fully saturated rings. The largest absolute Gasteiger partial charge is 0.490 e. The summed E-state index contributed by atoms with van der Waals surface area (Å²) in [5.74, 6) is -0.201. The van der Waals surface area contributed by atoms with Crippen LogP contribution in [-0.2, 0) is 4.79 Å². The van der Waals surface area contributed by atoms with E-state index in [-0.39, 0.29) is 29.7 Å². The summed E-state index contributed by atoms with van der Waals surface area (Å²) >= 11 is 12.2. The highest BCUT2D eigenvalue weighted by atomic mass is 35.5. The zero-order valence-corrected chi connectivity index (χ0v) is 16.7. The van der Waals surface area contributed by atoms with Gasteiger partial charge in [-0.15, -0.1) is 0 Å². The van der Waals surface area contributed by atoms with Crippen molar-refractivity contribution in [3.63, 3.8) is 0 Å². The van der Waals surface area contributed by atoms with E-state index < -0.39 is 5.97 Å². The highest BCUT2D eigenvalue weighted by Gasteiger charge is 2.21. The number of carbonyl (C=O) groups excluding carboxylic acids is 1. The second-order valence-corrected chi connectivity index (χ2v) is 7.69. The predicted octanol–water partition coefficient (Wildman–Crippen LogP) is 3.98. The van der Waals surface area contributed by atoms with Crippen molar-refractivity contribution >= 4 is 57.9 Å². The van der Waals surface area contributed by atoms with Crippen LogP contribution in [-0.4, -0.2) is 34.5 Å². The van der Waals surface area contributed by atoms with Crippen molar-refractivity contribution in [1.82, 2.24) is 5.32 Å². The molecule has 1 amide bonds. The third-order valence-corrected chi connectivity index (χ3v) is 5.07. The Morgan fingerprint density at radius 1 is 1.18 bits per heavy atom. The maximum Gasteiger partial charge on any atom is 0.335 e. The van der Waals surface area contributed by atoms with E-state index >= 15 is 0 Å². The lowest BCUT2D eigenvalue weighted by Crippen LogP contribution is -2.17. The van der Waals surface area contributed by atoms with E-state index in [1.165, 1.54) is 30.0 Å². The minimum Gasteiger partial charge on any atom is -0.490 e. The molecule has 0 aromatic heterocycles. The van der Waals surface area contributed by atoms with Crippen molar-refractivity contribution in [2.24, 2.45) is 0 Å². The summed E-state index contributed by atoms with van der Waals surface area (Å²) in [7, 11) is 0. The highest BCUT2D eigenvalue weighted by molar-refractivity contribution is 8.26. The summed E-state index contributed by atoms with van der Waals surface area (Å²) in [5, 5.41) is 11.7. The van der Waals surface area contributed by atoms with Gasteiger partial charge in [0.05, 0.1) is 15.5 Å². The number of carbonyl (C=O) groups is 2. The second kappa shape index (κ2) is 9.09. The Balaban J connectivity index is 1.49. The first-order valence-electron chi connectivity index (χ1n) is 8.06. The number of carboxylic acids is 1. The molecular weight excluding hydrogens is 422 g/mol. The van der Waals surface area contributed by atoms with Gasteiger partial charge in [0.25, 0.3) is 5.91 Å². The first kappa shape index (κ1) is 20.2. The molecule has 28 heavy (non-hydrogen) atoms. The number of hydrogen-bond acceptors (Lipinski definition) is 6. The molecule has 0 radical (unpaired) electrons. The average molecular weight is 436 g/mol. The SMILES string of the molecule is O=C1NC(=S)S/C1=C/c1ccc(OCCOc2ccc(C(=O)O)cc2Cl)cc1. The van der Waals surface area contributed by atoms with E-state index in [9.17, 15) is 9.59 Å². The van der Waals surface area contributed by atoms with Crippen LogP contribution in [0, 0.1) is 0 Å². The van der Waals surface area contributed by atoms with E-state index in [1.807, 2.05) is 12.1 Å². The zero-order valence-electron chi connectivity index (χ0n) is 14.3. The summed E-state index contributed by atoms with van der Waals surface area (Å²) in [6.45, 7) is 0.524. The number of benzene rings is 2. The lowest BCUT2D eigenvalue weighted by Gasteiger charge is -2.10. The average Bonchev–Trinajstić information content (AvgIpc) is 2.98. The fourth-order valence-electron chi connectivity index (χ4n) is 2.29. The van der Waals surface area contributed by atoms with Crippen molar-refractivity contribution in [3.8, 4) is 11.5 Å². The molecule has 0 saturated carbocycles. The van der Waals surface area contributed by atoms with Gasteiger partial charge in [0.1, 0.15) is 29.0 Å². The number of ether oxygens (including phenoxy) is 2. The molecule has 1 aliphatic rings. The van der Waals surface area contributed by atoms with Crippen LogP contribution in [0.2, 0.25) is 5.02 Å². The number of thioether (sulfide) groups is 1. The molecule has 1 heterocycles. The summed E-state index contributed by atoms with van der Waals surface area (Å²) < 4.78 is 11.6. The quantitative estimate of drug-likeness (QED) is 0.386. The van der Waals surface area contributed by atoms with E-state index in [2.05, 4.69) is 5.32 Å².